The van der Waals surface area contributed by atoms with E-state index in [1.165, 1.54) is 6.92 Å². The summed E-state index contributed by atoms with van der Waals surface area (Å²) in [5, 5.41) is 4.92. The summed E-state index contributed by atoms with van der Waals surface area (Å²) in [6, 6.07) is 19.7. The fourth-order valence-electron chi connectivity index (χ4n) is 2.49. The first-order valence-corrected chi connectivity index (χ1v) is 8.17. The van der Waals surface area contributed by atoms with Crippen molar-refractivity contribution >= 4 is 39.9 Å². The maximum absolute atomic E-state index is 12.5. The molecule has 0 aromatic heterocycles. The van der Waals surface area contributed by atoms with Gasteiger partial charge in [0, 0.05) is 10.7 Å². The minimum Gasteiger partial charge on any atom is -0.449 e. The second-order valence-corrected chi connectivity index (χ2v) is 6.01. The molecule has 0 bridgehead atoms. The highest BCUT2D eigenvalue weighted by Gasteiger charge is 2.20. The summed E-state index contributed by atoms with van der Waals surface area (Å²) in [6.07, 6.45) is -0.939. The van der Waals surface area contributed by atoms with Crippen molar-refractivity contribution < 1.29 is 14.3 Å². The van der Waals surface area contributed by atoms with Crippen LogP contribution in [0.5, 0.6) is 0 Å². The van der Waals surface area contributed by atoms with Crippen LogP contribution in [0.1, 0.15) is 17.3 Å². The number of benzene rings is 3. The van der Waals surface area contributed by atoms with E-state index in [1.807, 2.05) is 30.3 Å². The monoisotopic (exact) mass is 353 g/mol. The summed E-state index contributed by atoms with van der Waals surface area (Å²) in [7, 11) is 0. The Morgan fingerprint density at radius 3 is 2.52 bits per heavy atom. The normalized spacial score (nSPS) is 11.8. The molecule has 0 aliphatic heterocycles. The van der Waals surface area contributed by atoms with Crippen LogP contribution in [0.4, 0.5) is 5.69 Å². The van der Waals surface area contributed by atoms with E-state index in [2.05, 4.69) is 5.32 Å². The Labute approximate surface area is 150 Å². The number of nitrogens with one attached hydrogen (secondary N) is 1. The van der Waals surface area contributed by atoms with Gasteiger partial charge in [0.15, 0.2) is 6.10 Å². The van der Waals surface area contributed by atoms with E-state index in [9.17, 15) is 9.59 Å². The SMILES string of the molecule is CC(OC(=O)c1cccc2ccccc12)C(=O)Nc1cccc(Cl)c1. The molecule has 5 heteroatoms. The van der Waals surface area contributed by atoms with Crippen LogP contribution >= 0.6 is 11.6 Å². The molecule has 3 aromatic carbocycles. The zero-order valence-corrected chi connectivity index (χ0v) is 14.3. The summed E-state index contributed by atoms with van der Waals surface area (Å²) in [4.78, 5) is 24.7. The number of ether oxygens (including phenoxy) is 1. The molecule has 126 valence electrons. The molecule has 0 aliphatic carbocycles. The minimum atomic E-state index is -0.939. The molecule has 0 saturated heterocycles. The van der Waals surface area contributed by atoms with Gasteiger partial charge >= 0.3 is 5.97 Å². The van der Waals surface area contributed by atoms with Crippen LogP contribution in [0.25, 0.3) is 10.8 Å². The van der Waals surface area contributed by atoms with Crippen molar-refractivity contribution in [2.75, 3.05) is 5.32 Å². The number of fused-ring (bicyclic) bond motifs is 1. The van der Waals surface area contributed by atoms with E-state index in [4.69, 9.17) is 16.3 Å². The molecule has 3 rings (SSSR count). The van der Waals surface area contributed by atoms with Crippen molar-refractivity contribution in [2.45, 2.75) is 13.0 Å². The second kappa shape index (κ2) is 7.36. The molecular weight excluding hydrogens is 338 g/mol. The number of carbonyl (C=O) groups is 2. The van der Waals surface area contributed by atoms with Crippen molar-refractivity contribution in [3.63, 3.8) is 0 Å². The van der Waals surface area contributed by atoms with Gasteiger partial charge in [-0.3, -0.25) is 4.79 Å². The van der Waals surface area contributed by atoms with Gasteiger partial charge in [0.25, 0.3) is 5.91 Å². The van der Waals surface area contributed by atoms with E-state index in [0.717, 1.165) is 10.8 Å². The van der Waals surface area contributed by atoms with Gasteiger partial charge in [-0.05, 0) is 42.0 Å². The quantitative estimate of drug-likeness (QED) is 0.693. The van der Waals surface area contributed by atoms with E-state index < -0.39 is 18.0 Å². The molecule has 1 atom stereocenters. The van der Waals surface area contributed by atoms with E-state index in [-0.39, 0.29) is 0 Å². The molecule has 1 N–H and O–H groups in total. The van der Waals surface area contributed by atoms with Crippen LogP contribution in [-0.2, 0) is 9.53 Å². The average molecular weight is 354 g/mol. The van der Waals surface area contributed by atoms with Crippen molar-refractivity contribution in [3.8, 4) is 0 Å². The lowest BCUT2D eigenvalue weighted by Crippen LogP contribution is -2.30. The number of amides is 1. The van der Waals surface area contributed by atoms with E-state index in [0.29, 0.717) is 16.3 Å². The summed E-state index contributed by atoms with van der Waals surface area (Å²) in [6.45, 7) is 1.53. The Morgan fingerprint density at radius 1 is 1.00 bits per heavy atom. The average Bonchev–Trinajstić information content (AvgIpc) is 2.61. The fraction of sp³-hybridized carbons (Fsp3) is 0.100. The first-order chi connectivity index (χ1) is 12.0. The first kappa shape index (κ1) is 17.0. The van der Waals surface area contributed by atoms with Gasteiger partial charge in [-0.2, -0.15) is 0 Å². The van der Waals surface area contributed by atoms with Gasteiger partial charge < -0.3 is 10.1 Å². The van der Waals surface area contributed by atoms with Crippen molar-refractivity contribution in [3.05, 3.63) is 77.3 Å². The van der Waals surface area contributed by atoms with Gasteiger partial charge in [-0.1, -0.05) is 54.1 Å². The lowest BCUT2D eigenvalue weighted by molar-refractivity contribution is -0.123. The van der Waals surface area contributed by atoms with Crippen LogP contribution in [0, 0.1) is 0 Å². The number of halogens is 1. The maximum atomic E-state index is 12.5. The lowest BCUT2D eigenvalue weighted by Gasteiger charge is -2.14. The second-order valence-electron chi connectivity index (χ2n) is 5.57. The third-order valence-corrected chi connectivity index (χ3v) is 3.99. The van der Waals surface area contributed by atoms with Crippen LogP contribution in [-0.4, -0.2) is 18.0 Å². The molecule has 25 heavy (non-hydrogen) atoms. The molecule has 0 radical (unpaired) electrons. The Hall–Kier alpha value is -2.85. The largest absolute Gasteiger partial charge is 0.449 e. The Balaban J connectivity index is 1.72. The van der Waals surface area contributed by atoms with Crippen LogP contribution in [0.15, 0.2) is 66.7 Å². The number of esters is 1. The molecule has 1 amide bonds. The third-order valence-electron chi connectivity index (χ3n) is 3.75. The predicted octanol–water partition coefficient (Wildman–Crippen LogP) is 4.68. The molecule has 3 aromatic rings. The molecule has 0 heterocycles. The topological polar surface area (TPSA) is 55.4 Å². The van der Waals surface area contributed by atoms with Crippen molar-refractivity contribution in [1.82, 2.24) is 0 Å². The highest BCUT2D eigenvalue weighted by Crippen LogP contribution is 2.20. The number of rotatable bonds is 4. The van der Waals surface area contributed by atoms with E-state index >= 15 is 0 Å². The van der Waals surface area contributed by atoms with Crippen LogP contribution in [0.3, 0.4) is 0 Å². The van der Waals surface area contributed by atoms with Gasteiger partial charge in [0.2, 0.25) is 0 Å². The van der Waals surface area contributed by atoms with Crippen LogP contribution in [0.2, 0.25) is 5.02 Å². The smallest absolute Gasteiger partial charge is 0.339 e. The molecule has 1 unspecified atom stereocenters. The van der Waals surface area contributed by atoms with Crippen molar-refractivity contribution in [2.24, 2.45) is 0 Å². The van der Waals surface area contributed by atoms with Gasteiger partial charge in [0.05, 0.1) is 5.56 Å². The standard InChI is InChI=1S/C20H16ClNO3/c1-13(19(23)22-16-9-5-8-15(21)12-16)25-20(24)18-11-4-7-14-6-2-3-10-17(14)18/h2-13H,1H3,(H,22,23). The summed E-state index contributed by atoms with van der Waals surface area (Å²) in [5.41, 5.74) is 0.978. The molecule has 0 saturated carbocycles. The lowest BCUT2D eigenvalue weighted by atomic mass is 10.0. The third kappa shape index (κ3) is 3.98. The molecule has 4 nitrogen and oxygen atoms in total. The highest BCUT2D eigenvalue weighted by molar-refractivity contribution is 6.30. The Bertz CT molecular complexity index is 934. The number of anilines is 1. The molecule has 0 aliphatic rings. The van der Waals surface area contributed by atoms with Gasteiger partial charge in [-0.25, -0.2) is 4.79 Å². The Morgan fingerprint density at radius 2 is 1.72 bits per heavy atom. The maximum Gasteiger partial charge on any atom is 0.339 e. The number of hydrogen-bond donors (Lipinski definition) is 1. The fourth-order valence-corrected chi connectivity index (χ4v) is 2.68. The van der Waals surface area contributed by atoms with Crippen molar-refractivity contribution in [1.29, 1.82) is 0 Å². The summed E-state index contributed by atoms with van der Waals surface area (Å²) < 4.78 is 5.32. The van der Waals surface area contributed by atoms with Gasteiger partial charge in [-0.15, -0.1) is 0 Å². The molecule has 0 fully saturated rings. The zero-order chi connectivity index (χ0) is 17.8. The summed E-state index contributed by atoms with van der Waals surface area (Å²) >= 11 is 5.89. The highest BCUT2D eigenvalue weighted by atomic mass is 35.5. The number of carbonyl (C=O) groups excluding carboxylic acids is 2. The minimum absolute atomic E-state index is 0.421. The molecular formula is C20H16ClNO3. The van der Waals surface area contributed by atoms with E-state index in [1.54, 1.807) is 36.4 Å². The number of hydrogen-bond acceptors (Lipinski definition) is 3. The van der Waals surface area contributed by atoms with Gasteiger partial charge in [0.1, 0.15) is 0 Å². The first-order valence-electron chi connectivity index (χ1n) is 7.80. The summed E-state index contributed by atoms with van der Waals surface area (Å²) in [5.74, 6) is -0.957. The van der Waals surface area contributed by atoms with Crippen LogP contribution < -0.4 is 5.32 Å². The Kier molecular flexibility index (Phi) is 5.00. The molecule has 0 spiro atoms. The zero-order valence-electron chi connectivity index (χ0n) is 13.5. The predicted molar refractivity (Wildman–Crippen MR) is 98.9 cm³/mol.